The quantitative estimate of drug-likeness (QED) is 0.576. The Labute approximate surface area is 102 Å². The summed E-state index contributed by atoms with van der Waals surface area (Å²) >= 11 is 0. The largest absolute Gasteiger partial charge is 0.269 e. The van der Waals surface area contributed by atoms with Gasteiger partial charge in [0.15, 0.2) is 0 Å². The molecule has 0 fully saturated rings. The molecule has 0 amide bonds. The molecule has 0 bridgehead atoms. The molecular weight excluding hydrogens is 208 g/mol. The van der Waals surface area contributed by atoms with Crippen molar-refractivity contribution in [1.29, 1.82) is 0 Å². The minimum atomic E-state index is 1.08. The maximum absolute atomic E-state index is 4.40. The maximum atomic E-state index is 4.40. The summed E-state index contributed by atoms with van der Waals surface area (Å²) in [4.78, 5) is 0. The SMILES string of the molecule is Cc1ccc(C=NN(C)c2ccccc2)cc1. The van der Waals surface area contributed by atoms with Gasteiger partial charge in [-0.1, -0.05) is 48.0 Å². The Morgan fingerprint density at radius 3 is 2.24 bits per heavy atom. The Morgan fingerprint density at radius 1 is 0.941 bits per heavy atom. The molecular formula is C15H16N2. The van der Waals surface area contributed by atoms with Crippen molar-refractivity contribution in [3.63, 3.8) is 0 Å². The van der Waals surface area contributed by atoms with Gasteiger partial charge in [0, 0.05) is 7.05 Å². The lowest BCUT2D eigenvalue weighted by atomic mass is 10.2. The van der Waals surface area contributed by atoms with Crippen molar-refractivity contribution in [2.24, 2.45) is 5.10 Å². The summed E-state index contributed by atoms with van der Waals surface area (Å²) < 4.78 is 0. The highest BCUT2D eigenvalue weighted by molar-refractivity contribution is 5.80. The molecule has 0 aromatic heterocycles. The van der Waals surface area contributed by atoms with Crippen molar-refractivity contribution < 1.29 is 0 Å². The number of hydrazone groups is 1. The molecule has 2 aromatic carbocycles. The lowest BCUT2D eigenvalue weighted by Crippen LogP contribution is -2.08. The number of hydrogen-bond acceptors (Lipinski definition) is 2. The van der Waals surface area contributed by atoms with Crippen LogP contribution in [-0.4, -0.2) is 13.3 Å². The fraction of sp³-hybridized carbons (Fsp3) is 0.133. The van der Waals surface area contributed by atoms with Crippen LogP contribution in [0.15, 0.2) is 59.7 Å². The van der Waals surface area contributed by atoms with Gasteiger partial charge < -0.3 is 0 Å². The van der Waals surface area contributed by atoms with E-state index in [9.17, 15) is 0 Å². The topological polar surface area (TPSA) is 15.6 Å². The van der Waals surface area contributed by atoms with Gasteiger partial charge in [0.1, 0.15) is 0 Å². The molecule has 2 nitrogen and oxygen atoms in total. The summed E-state index contributed by atoms with van der Waals surface area (Å²) in [5.41, 5.74) is 3.45. The van der Waals surface area contributed by atoms with Crippen LogP contribution < -0.4 is 5.01 Å². The molecule has 0 heterocycles. The fourth-order valence-corrected chi connectivity index (χ4v) is 1.52. The number of anilines is 1. The first kappa shape index (κ1) is 11.4. The molecule has 0 saturated heterocycles. The predicted octanol–water partition coefficient (Wildman–Crippen LogP) is 3.47. The van der Waals surface area contributed by atoms with Crippen molar-refractivity contribution in [2.75, 3.05) is 12.1 Å². The molecule has 0 saturated carbocycles. The van der Waals surface area contributed by atoms with E-state index in [1.165, 1.54) is 5.56 Å². The minimum absolute atomic E-state index is 1.08. The molecule has 0 aliphatic rings. The summed E-state index contributed by atoms with van der Waals surface area (Å²) in [5, 5.41) is 6.26. The van der Waals surface area contributed by atoms with Crippen LogP contribution in [0.1, 0.15) is 11.1 Å². The zero-order chi connectivity index (χ0) is 12.1. The van der Waals surface area contributed by atoms with Crippen LogP contribution in [0.5, 0.6) is 0 Å². The van der Waals surface area contributed by atoms with Crippen molar-refractivity contribution >= 4 is 11.9 Å². The lowest BCUT2D eigenvalue weighted by Gasteiger charge is -2.11. The van der Waals surface area contributed by atoms with Crippen LogP contribution in [0.25, 0.3) is 0 Å². The highest BCUT2D eigenvalue weighted by Crippen LogP contribution is 2.11. The number of rotatable bonds is 3. The van der Waals surface area contributed by atoms with Crippen molar-refractivity contribution in [2.45, 2.75) is 6.92 Å². The highest BCUT2D eigenvalue weighted by atomic mass is 15.4. The first-order valence-corrected chi connectivity index (χ1v) is 5.65. The summed E-state index contributed by atoms with van der Waals surface area (Å²) in [6.45, 7) is 2.08. The molecule has 0 aliphatic heterocycles. The molecule has 0 unspecified atom stereocenters. The Bertz CT molecular complexity index is 486. The van der Waals surface area contributed by atoms with Crippen molar-refractivity contribution in [3.8, 4) is 0 Å². The van der Waals surface area contributed by atoms with Gasteiger partial charge >= 0.3 is 0 Å². The zero-order valence-electron chi connectivity index (χ0n) is 10.2. The standard InChI is InChI=1S/C15H16N2/c1-13-8-10-14(11-9-13)12-16-17(2)15-6-4-3-5-7-15/h3-12H,1-2H3. The Kier molecular flexibility index (Phi) is 3.55. The van der Waals surface area contributed by atoms with Gasteiger partial charge in [0.25, 0.3) is 0 Å². The first-order chi connectivity index (χ1) is 8.25. The van der Waals surface area contributed by atoms with E-state index in [1.807, 2.05) is 48.6 Å². The molecule has 2 heteroatoms. The molecule has 0 N–H and O–H groups in total. The van der Waals surface area contributed by atoms with Crippen LogP contribution in [0.2, 0.25) is 0 Å². The third-order valence-corrected chi connectivity index (χ3v) is 2.59. The normalized spacial score (nSPS) is 10.7. The molecule has 2 rings (SSSR count). The van der Waals surface area contributed by atoms with Crippen molar-refractivity contribution in [1.82, 2.24) is 0 Å². The predicted molar refractivity (Wildman–Crippen MR) is 73.6 cm³/mol. The van der Waals surface area contributed by atoms with Gasteiger partial charge in [-0.25, -0.2) is 0 Å². The third kappa shape index (κ3) is 3.18. The smallest absolute Gasteiger partial charge is 0.0590 e. The second-order valence-corrected chi connectivity index (χ2v) is 4.01. The fourth-order valence-electron chi connectivity index (χ4n) is 1.52. The van der Waals surface area contributed by atoms with Crippen molar-refractivity contribution in [3.05, 3.63) is 65.7 Å². The second kappa shape index (κ2) is 5.30. The Balaban J connectivity index is 2.08. The van der Waals surface area contributed by atoms with Gasteiger partial charge in [-0.05, 0) is 24.6 Å². The molecule has 86 valence electrons. The van der Waals surface area contributed by atoms with E-state index in [2.05, 4.69) is 36.3 Å². The second-order valence-electron chi connectivity index (χ2n) is 4.01. The summed E-state index contributed by atoms with van der Waals surface area (Å²) in [6.07, 6.45) is 1.87. The minimum Gasteiger partial charge on any atom is -0.269 e. The van der Waals surface area contributed by atoms with Gasteiger partial charge in [0.05, 0.1) is 11.9 Å². The number of hydrogen-bond donors (Lipinski definition) is 0. The molecule has 0 spiro atoms. The summed E-state index contributed by atoms with van der Waals surface area (Å²) in [7, 11) is 1.94. The van der Waals surface area contributed by atoms with Crippen LogP contribution in [0, 0.1) is 6.92 Å². The lowest BCUT2D eigenvalue weighted by molar-refractivity contribution is 1.02. The average Bonchev–Trinajstić information content (AvgIpc) is 2.39. The van der Waals surface area contributed by atoms with Crippen LogP contribution in [0.4, 0.5) is 5.69 Å². The number of benzene rings is 2. The van der Waals surface area contributed by atoms with Gasteiger partial charge in [-0.3, -0.25) is 5.01 Å². The molecule has 0 atom stereocenters. The zero-order valence-corrected chi connectivity index (χ0v) is 10.2. The molecule has 17 heavy (non-hydrogen) atoms. The van der Waals surface area contributed by atoms with Gasteiger partial charge in [-0.15, -0.1) is 0 Å². The average molecular weight is 224 g/mol. The van der Waals surface area contributed by atoms with Gasteiger partial charge in [-0.2, -0.15) is 5.10 Å². The molecule has 0 radical (unpaired) electrons. The van der Waals surface area contributed by atoms with Crippen LogP contribution in [-0.2, 0) is 0 Å². The van der Waals surface area contributed by atoms with E-state index in [-0.39, 0.29) is 0 Å². The summed E-state index contributed by atoms with van der Waals surface area (Å²) in [5.74, 6) is 0. The molecule has 2 aromatic rings. The number of aryl methyl sites for hydroxylation is 1. The van der Waals surface area contributed by atoms with E-state index in [0.717, 1.165) is 11.3 Å². The summed E-state index contributed by atoms with van der Waals surface area (Å²) in [6, 6.07) is 18.4. The highest BCUT2D eigenvalue weighted by Gasteiger charge is 1.95. The first-order valence-electron chi connectivity index (χ1n) is 5.65. The van der Waals surface area contributed by atoms with E-state index in [4.69, 9.17) is 0 Å². The third-order valence-electron chi connectivity index (χ3n) is 2.59. The molecule has 0 aliphatic carbocycles. The monoisotopic (exact) mass is 224 g/mol. The Hall–Kier alpha value is -2.09. The van der Waals surface area contributed by atoms with E-state index < -0.39 is 0 Å². The van der Waals surface area contributed by atoms with E-state index >= 15 is 0 Å². The van der Waals surface area contributed by atoms with E-state index in [1.54, 1.807) is 0 Å². The number of nitrogens with zero attached hydrogens (tertiary/aromatic N) is 2. The Morgan fingerprint density at radius 2 is 1.59 bits per heavy atom. The van der Waals surface area contributed by atoms with Crippen LogP contribution in [0.3, 0.4) is 0 Å². The van der Waals surface area contributed by atoms with Crippen LogP contribution >= 0.6 is 0 Å². The maximum Gasteiger partial charge on any atom is 0.0590 e. The number of para-hydroxylation sites is 1. The van der Waals surface area contributed by atoms with Gasteiger partial charge in [0.2, 0.25) is 0 Å². The van der Waals surface area contributed by atoms with E-state index in [0.29, 0.717) is 0 Å².